The minimum Gasteiger partial charge on any atom is -0.363 e. The molecule has 0 spiro atoms. The zero-order valence-electron chi connectivity index (χ0n) is 11.2. The van der Waals surface area contributed by atoms with Crippen LogP contribution in [0.2, 0.25) is 0 Å². The third-order valence-electron chi connectivity index (χ3n) is 3.02. The van der Waals surface area contributed by atoms with Crippen molar-refractivity contribution in [1.29, 1.82) is 5.26 Å². The molecule has 1 unspecified atom stereocenters. The van der Waals surface area contributed by atoms with Crippen LogP contribution in [0.5, 0.6) is 0 Å². The van der Waals surface area contributed by atoms with E-state index in [1.165, 1.54) is 5.56 Å². The predicted molar refractivity (Wildman–Crippen MR) is 76.6 cm³/mol. The Balaban J connectivity index is 2.20. The Labute approximate surface area is 113 Å². The number of hydrogen-bond acceptors (Lipinski definition) is 3. The van der Waals surface area contributed by atoms with Crippen LogP contribution in [0.1, 0.15) is 31.0 Å². The summed E-state index contributed by atoms with van der Waals surface area (Å²) in [5.41, 5.74) is 1.81. The van der Waals surface area contributed by atoms with Gasteiger partial charge < -0.3 is 5.32 Å². The predicted octanol–water partition coefficient (Wildman–Crippen LogP) is 3.76. The van der Waals surface area contributed by atoms with Gasteiger partial charge in [0.05, 0.1) is 11.6 Å². The standard InChI is InChI=1S/C16H17N3/c1-12(2)16(14-6-4-3-5-7-14)19-15-9-8-13(10-17)11-18-15/h3-9,11-12,16H,1-2H3,(H,18,19). The second kappa shape index (κ2) is 6.01. The number of nitriles is 1. The minimum absolute atomic E-state index is 0.210. The van der Waals surface area contributed by atoms with E-state index in [-0.39, 0.29) is 6.04 Å². The first-order valence-electron chi connectivity index (χ1n) is 6.38. The van der Waals surface area contributed by atoms with Crippen LogP contribution in [0, 0.1) is 17.2 Å². The maximum absolute atomic E-state index is 8.77. The number of hydrogen-bond donors (Lipinski definition) is 1. The molecule has 0 saturated carbocycles. The van der Waals surface area contributed by atoms with Gasteiger partial charge in [0.25, 0.3) is 0 Å². The number of benzene rings is 1. The highest BCUT2D eigenvalue weighted by Crippen LogP contribution is 2.25. The second-order valence-corrected chi connectivity index (χ2v) is 4.82. The fourth-order valence-corrected chi connectivity index (χ4v) is 2.00. The Hall–Kier alpha value is -2.34. The minimum atomic E-state index is 0.210. The lowest BCUT2D eigenvalue weighted by Crippen LogP contribution is -2.17. The molecule has 0 aliphatic heterocycles. The van der Waals surface area contributed by atoms with Crippen molar-refractivity contribution in [3.8, 4) is 6.07 Å². The van der Waals surface area contributed by atoms with Gasteiger partial charge in [-0.2, -0.15) is 5.26 Å². The molecule has 1 heterocycles. The summed E-state index contributed by atoms with van der Waals surface area (Å²) in [4.78, 5) is 4.26. The highest BCUT2D eigenvalue weighted by molar-refractivity contribution is 5.41. The van der Waals surface area contributed by atoms with Gasteiger partial charge in [0.2, 0.25) is 0 Å². The molecule has 0 fully saturated rings. The van der Waals surface area contributed by atoms with Crippen molar-refractivity contribution in [2.45, 2.75) is 19.9 Å². The van der Waals surface area contributed by atoms with Gasteiger partial charge in [-0.05, 0) is 23.6 Å². The highest BCUT2D eigenvalue weighted by Gasteiger charge is 2.15. The Bertz CT molecular complexity index is 553. The maximum Gasteiger partial charge on any atom is 0.126 e. The van der Waals surface area contributed by atoms with Crippen molar-refractivity contribution in [3.63, 3.8) is 0 Å². The first kappa shape index (κ1) is 13.1. The molecule has 0 radical (unpaired) electrons. The summed E-state index contributed by atoms with van der Waals surface area (Å²) in [6, 6.07) is 16.2. The van der Waals surface area contributed by atoms with Crippen LogP contribution in [-0.4, -0.2) is 4.98 Å². The lowest BCUT2D eigenvalue weighted by Gasteiger charge is -2.23. The summed E-state index contributed by atoms with van der Waals surface area (Å²) < 4.78 is 0. The van der Waals surface area contributed by atoms with Crippen molar-refractivity contribution in [2.24, 2.45) is 5.92 Å². The summed E-state index contributed by atoms with van der Waals surface area (Å²) in [5.74, 6) is 1.24. The molecule has 2 aromatic rings. The van der Waals surface area contributed by atoms with Gasteiger partial charge in [-0.3, -0.25) is 0 Å². The Morgan fingerprint density at radius 1 is 1.11 bits per heavy atom. The summed E-state index contributed by atoms with van der Waals surface area (Å²) in [7, 11) is 0. The van der Waals surface area contributed by atoms with E-state index in [1.54, 1.807) is 12.3 Å². The summed E-state index contributed by atoms with van der Waals surface area (Å²) in [6.07, 6.45) is 1.59. The van der Waals surface area contributed by atoms with Crippen LogP contribution in [0.25, 0.3) is 0 Å². The molecular formula is C16H17N3. The van der Waals surface area contributed by atoms with Crippen molar-refractivity contribution in [1.82, 2.24) is 4.98 Å². The van der Waals surface area contributed by atoms with Crippen molar-refractivity contribution in [3.05, 3.63) is 59.8 Å². The van der Waals surface area contributed by atoms with E-state index >= 15 is 0 Å². The van der Waals surface area contributed by atoms with Crippen molar-refractivity contribution in [2.75, 3.05) is 5.32 Å². The monoisotopic (exact) mass is 251 g/mol. The molecular weight excluding hydrogens is 234 g/mol. The number of anilines is 1. The van der Waals surface area contributed by atoms with E-state index in [4.69, 9.17) is 5.26 Å². The normalized spacial score (nSPS) is 11.9. The molecule has 1 aromatic heterocycles. The molecule has 96 valence electrons. The Morgan fingerprint density at radius 2 is 1.84 bits per heavy atom. The van der Waals surface area contributed by atoms with Crippen molar-refractivity contribution < 1.29 is 0 Å². The fraction of sp³-hybridized carbons (Fsp3) is 0.250. The Morgan fingerprint density at radius 3 is 2.37 bits per heavy atom. The number of rotatable bonds is 4. The summed E-state index contributed by atoms with van der Waals surface area (Å²) in [5, 5.41) is 12.2. The molecule has 0 saturated heterocycles. The second-order valence-electron chi connectivity index (χ2n) is 4.82. The van der Waals surface area contributed by atoms with Crippen LogP contribution in [0.15, 0.2) is 48.7 Å². The van der Waals surface area contributed by atoms with Crippen LogP contribution in [-0.2, 0) is 0 Å². The SMILES string of the molecule is CC(C)C(Nc1ccc(C#N)cn1)c1ccccc1. The molecule has 2 rings (SSSR count). The van der Waals surface area contributed by atoms with Gasteiger partial charge in [-0.1, -0.05) is 44.2 Å². The molecule has 1 N–H and O–H groups in total. The topological polar surface area (TPSA) is 48.7 Å². The number of nitrogens with one attached hydrogen (secondary N) is 1. The smallest absolute Gasteiger partial charge is 0.126 e. The van der Waals surface area contributed by atoms with E-state index in [0.29, 0.717) is 11.5 Å². The largest absolute Gasteiger partial charge is 0.363 e. The quantitative estimate of drug-likeness (QED) is 0.900. The molecule has 3 heteroatoms. The van der Waals surface area contributed by atoms with E-state index in [1.807, 2.05) is 24.3 Å². The summed E-state index contributed by atoms with van der Waals surface area (Å²) >= 11 is 0. The highest BCUT2D eigenvalue weighted by atomic mass is 15.0. The van der Waals surface area contributed by atoms with Crippen LogP contribution in [0.4, 0.5) is 5.82 Å². The maximum atomic E-state index is 8.77. The fourth-order valence-electron chi connectivity index (χ4n) is 2.00. The lowest BCUT2D eigenvalue weighted by atomic mass is 9.96. The number of nitrogens with zero attached hydrogens (tertiary/aromatic N) is 2. The zero-order chi connectivity index (χ0) is 13.7. The molecule has 0 amide bonds. The van der Waals surface area contributed by atoms with E-state index in [9.17, 15) is 0 Å². The Kier molecular flexibility index (Phi) is 4.15. The number of aromatic nitrogens is 1. The van der Waals surface area contributed by atoms with Gasteiger partial charge in [-0.15, -0.1) is 0 Å². The third-order valence-corrected chi connectivity index (χ3v) is 3.02. The van der Waals surface area contributed by atoms with Crippen LogP contribution >= 0.6 is 0 Å². The van der Waals surface area contributed by atoms with Crippen molar-refractivity contribution >= 4 is 5.82 Å². The first-order chi connectivity index (χ1) is 9.20. The van der Waals surface area contributed by atoms with E-state index in [2.05, 4.69) is 42.4 Å². The average molecular weight is 251 g/mol. The van der Waals surface area contributed by atoms with E-state index < -0.39 is 0 Å². The average Bonchev–Trinajstić information content (AvgIpc) is 2.46. The summed E-state index contributed by atoms with van der Waals surface area (Å²) in [6.45, 7) is 4.35. The van der Waals surface area contributed by atoms with Gasteiger partial charge in [0.1, 0.15) is 11.9 Å². The molecule has 19 heavy (non-hydrogen) atoms. The van der Waals surface area contributed by atoms with Gasteiger partial charge in [-0.25, -0.2) is 4.98 Å². The van der Waals surface area contributed by atoms with E-state index in [0.717, 1.165) is 5.82 Å². The first-order valence-corrected chi connectivity index (χ1v) is 6.38. The van der Waals surface area contributed by atoms with Gasteiger partial charge in [0, 0.05) is 6.20 Å². The molecule has 1 atom stereocenters. The molecule has 0 aliphatic rings. The molecule has 0 bridgehead atoms. The van der Waals surface area contributed by atoms with Crippen LogP contribution in [0.3, 0.4) is 0 Å². The van der Waals surface area contributed by atoms with Gasteiger partial charge in [0.15, 0.2) is 0 Å². The molecule has 0 aliphatic carbocycles. The zero-order valence-corrected chi connectivity index (χ0v) is 11.2. The number of pyridine rings is 1. The molecule has 1 aromatic carbocycles. The third kappa shape index (κ3) is 3.32. The lowest BCUT2D eigenvalue weighted by molar-refractivity contribution is 0.545. The molecule has 3 nitrogen and oxygen atoms in total. The van der Waals surface area contributed by atoms with Gasteiger partial charge >= 0.3 is 0 Å². The van der Waals surface area contributed by atoms with Crippen LogP contribution < -0.4 is 5.32 Å².